The molecule has 0 bridgehead atoms. The SMILES string of the molecule is CCOC(=O)c1c(NC(=O)Cn2ncc(Br)c2C)sc(C(C)=O)c1C. The van der Waals surface area contributed by atoms with Crippen molar-refractivity contribution in [1.82, 2.24) is 9.78 Å². The molecule has 0 fully saturated rings. The van der Waals surface area contributed by atoms with E-state index in [1.54, 1.807) is 20.0 Å². The Morgan fingerprint density at radius 3 is 2.56 bits per heavy atom. The third-order valence-corrected chi connectivity index (χ3v) is 5.62. The highest BCUT2D eigenvalue weighted by molar-refractivity contribution is 9.10. The first kappa shape index (κ1) is 19.3. The van der Waals surface area contributed by atoms with Crippen molar-refractivity contribution in [3.8, 4) is 0 Å². The van der Waals surface area contributed by atoms with Crippen molar-refractivity contribution < 1.29 is 19.1 Å². The lowest BCUT2D eigenvalue weighted by Gasteiger charge is -2.08. The summed E-state index contributed by atoms with van der Waals surface area (Å²) in [6.07, 6.45) is 1.61. The number of nitrogens with zero attached hydrogens (tertiary/aromatic N) is 2. The van der Waals surface area contributed by atoms with Crippen LogP contribution in [0.2, 0.25) is 0 Å². The molecule has 2 aromatic rings. The molecular weight excluding hydrogens is 410 g/mol. The quantitative estimate of drug-likeness (QED) is 0.563. The summed E-state index contributed by atoms with van der Waals surface area (Å²) >= 11 is 4.41. The highest BCUT2D eigenvalue weighted by Crippen LogP contribution is 2.34. The fourth-order valence-corrected chi connectivity index (χ4v) is 3.67. The summed E-state index contributed by atoms with van der Waals surface area (Å²) in [7, 11) is 0. The highest BCUT2D eigenvalue weighted by atomic mass is 79.9. The molecule has 0 saturated carbocycles. The van der Waals surface area contributed by atoms with E-state index in [2.05, 4.69) is 26.3 Å². The van der Waals surface area contributed by atoms with Gasteiger partial charge in [0.1, 0.15) is 11.5 Å². The van der Waals surface area contributed by atoms with Crippen molar-refractivity contribution in [3.63, 3.8) is 0 Å². The van der Waals surface area contributed by atoms with E-state index >= 15 is 0 Å². The molecule has 134 valence electrons. The van der Waals surface area contributed by atoms with Crippen molar-refractivity contribution in [3.05, 3.63) is 32.4 Å². The van der Waals surface area contributed by atoms with E-state index in [0.29, 0.717) is 15.4 Å². The maximum absolute atomic E-state index is 12.3. The fourth-order valence-electron chi connectivity index (χ4n) is 2.27. The van der Waals surface area contributed by atoms with Crippen molar-refractivity contribution >= 4 is 49.9 Å². The number of amides is 1. The number of nitrogens with one attached hydrogen (secondary N) is 1. The van der Waals surface area contributed by atoms with E-state index in [0.717, 1.165) is 21.5 Å². The van der Waals surface area contributed by atoms with Crippen LogP contribution < -0.4 is 5.32 Å². The van der Waals surface area contributed by atoms with Gasteiger partial charge >= 0.3 is 5.97 Å². The number of thiophene rings is 1. The summed E-state index contributed by atoms with van der Waals surface area (Å²) in [6, 6.07) is 0. The summed E-state index contributed by atoms with van der Waals surface area (Å²) in [5, 5.41) is 7.12. The molecule has 2 rings (SSSR count). The summed E-state index contributed by atoms with van der Waals surface area (Å²) in [5.74, 6) is -1.07. The molecule has 0 atom stereocenters. The van der Waals surface area contributed by atoms with Gasteiger partial charge in [-0.15, -0.1) is 11.3 Å². The number of aromatic nitrogens is 2. The lowest BCUT2D eigenvalue weighted by Crippen LogP contribution is -2.21. The van der Waals surface area contributed by atoms with Crippen LogP contribution in [0.25, 0.3) is 0 Å². The largest absolute Gasteiger partial charge is 0.462 e. The molecule has 0 saturated heterocycles. The maximum atomic E-state index is 12.3. The van der Waals surface area contributed by atoms with Gasteiger partial charge in [-0.25, -0.2) is 4.79 Å². The number of rotatable bonds is 6. The van der Waals surface area contributed by atoms with Crippen LogP contribution in [0.15, 0.2) is 10.7 Å². The summed E-state index contributed by atoms with van der Waals surface area (Å²) in [5.41, 5.74) is 1.56. The van der Waals surface area contributed by atoms with Crippen LogP contribution in [0.3, 0.4) is 0 Å². The number of hydrogen-bond acceptors (Lipinski definition) is 6. The number of anilines is 1. The molecule has 1 N–H and O–H groups in total. The summed E-state index contributed by atoms with van der Waals surface area (Å²) in [6.45, 7) is 6.82. The van der Waals surface area contributed by atoms with Crippen LogP contribution in [-0.4, -0.2) is 34.0 Å². The van der Waals surface area contributed by atoms with Gasteiger partial charge in [-0.05, 0) is 49.2 Å². The van der Waals surface area contributed by atoms with Crippen LogP contribution in [-0.2, 0) is 16.1 Å². The third-order valence-electron chi connectivity index (χ3n) is 3.54. The Balaban J connectivity index is 2.29. The first-order valence-corrected chi connectivity index (χ1v) is 9.16. The molecule has 0 spiro atoms. The number of halogens is 1. The summed E-state index contributed by atoms with van der Waals surface area (Å²) < 4.78 is 7.39. The highest BCUT2D eigenvalue weighted by Gasteiger charge is 2.25. The molecule has 0 aliphatic heterocycles. The predicted molar refractivity (Wildman–Crippen MR) is 98.3 cm³/mol. The Hall–Kier alpha value is -2.00. The second kappa shape index (κ2) is 7.92. The number of carbonyl (C=O) groups excluding carboxylic acids is 3. The van der Waals surface area contributed by atoms with Gasteiger partial charge in [0.2, 0.25) is 5.91 Å². The minimum atomic E-state index is -0.558. The Labute approximate surface area is 157 Å². The van der Waals surface area contributed by atoms with Crippen LogP contribution in [0.1, 0.15) is 45.1 Å². The van der Waals surface area contributed by atoms with E-state index in [-0.39, 0.29) is 30.4 Å². The molecule has 9 heteroatoms. The summed E-state index contributed by atoms with van der Waals surface area (Å²) in [4.78, 5) is 36.8. The van der Waals surface area contributed by atoms with Crippen LogP contribution >= 0.6 is 27.3 Å². The zero-order chi connectivity index (χ0) is 18.7. The minimum Gasteiger partial charge on any atom is -0.462 e. The third kappa shape index (κ3) is 4.16. The molecular formula is C16H18BrN3O4S. The Kier molecular flexibility index (Phi) is 6.12. The number of hydrogen-bond donors (Lipinski definition) is 1. The second-order valence-corrected chi connectivity index (χ2v) is 7.20. The van der Waals surface area contributed by atoms with Crippen molar-refractivity contribution in [2.24, 2.45) is 0 Å². The molecule has 0 aliphatic rings. The van der Waals surface area contributed by atoms with Crippen LogP contribution in [0, 0.1) is 13.8 Å². The zero-order valence-corrected chi connectivity index (χ0v) is 16.7. The molecule has 0 unspecified atom stereocenters. The minimum absolute atomic E-state index is 0.00789. The van der Waals surface area contributed by atoms with Crippen LogP contribution in [0.5, 0.6) is 0 Å². The van der Waals surface area contributed by atoms with Gasteiger partial charge in [-0.2, -0.15) is 5.10 Å². The number of Topliss-reactive ketones (excluding diaryl/α,β-unsaturated/α-hetero) is 1. The van der Waals surface area contributed by atoms with E-state index in [9.17, 15) is 14.4 Å². The van der Waals surface area contributed by atoms with E-state index in [1.807, 2.05) is 6.92 Å². The molecule has 25 heavy (non-hydrogen) atoms. The molecule has 2 heterocycles. The normalized spacial score (nSPS) is 10.6. The lowest BCUT2D eigenvalue weighted by atomic mass is 10.1. The monoisotopic (exact) mass is 427 g/mol. The fraction of sp³-hybridized carbons (Fsp3) is 0.375. The van der Waals surface area contributed by atoms with Gasteiger partial charge in [0.25, 0.3) is 0 Å². The zero-order valence-electron chi connectivity index (χ0n) is 14.3. The van der Waals surface area contributed by atoms with Crippen molar-refractivity contribution in [1.29, 1.82) is 0 Å². The maximum Gasteiger partial charge on any atom is 0.341 e. The molecule has 0 radical (unpaired) electrons. The smallest absolute Gasteiger partial charge is 0.341 e. The Bertz CT molecular complexity index is 841. The first-order valence-electron chi connectivity index (χ1n) is 7.55. The van der Waals surface area contributed by atoms with Gasteiger partial charge < -0.3 is 10.1 Å². The number of carbonyl (C=O) groups is 3. The van der Waals surface area contributed by atoms with Gasteiger partial charge in [0.15, 0.2) is 5.78 Å². The van der Waals surface area contributed by atoms with E-state index in [4.69, 9.17) is 4.74 Å². The molecule has 0 aliphatic carbocycles. The van der Waals surface area contributed by atoms with Gasteiger partial charge in [-0.1, -0.05) is 0 Å². The van der Waals surface area contributed by atoms with Gasteiger partial charge in [0, 0.05) is 0 Å². The average Bonchev–Trinajstić information content (AvgIpc) is 3.02. The predicted octanol–water partition coefficient (Wildman–Crippen LogP) is 3.34. The van der Waals surface area contributed by atoms with Crippen LogP contribution in [0.4, 0.5) is 5.00 Å². The first-order chi connectivity index (χ1) is 11.8. The van der Waals surface area contributed by atoms with E-state index < -0.39 is 5.97 Å². The van der Waals surface area contributed by atoms with Crippen molar-refractivity contribution in [2.45, 2.75) is 34.2 Å². The molecule has 1 amide bonds. The van der Waals surface area contributed by atoms with Gasteiger partial charge in [0.05, 0.1) is 33.4 Å². The number of ketones is 1. The average molecular weight is 428 g/mol. The van der Waals surface area contributed by atoms with Gasteiger partial charge in [-0.3, -0.25) is 14.3 Å². The van der Waals surface area contributed by atoms with Crippen molar-refractivity contribution in [2.75, 3.05) is 11.9 Å². The standard InChI is InChI=1S/C16H18BrN3O4S/c1-5-24-16(23)13-8(2)14(10(4)21)25-15(13)19-12(22)7-20-9(3)11(17)6-18-20/h6H,5,7H2,1-4H3,(H,19,22). The number of esters is 1. The topological polar surface area (TPSA) is 90.3 Å². The molecule has 7 nitrogen and oxygen atoms in total. The molecule has 2 aromatic heterocycles. The number of ether oxygens (including phenoxy) is 1. The Morgan fingerprint density at radius 1 is 1.36 bits per heavy atom. The second-order valence-electron chi connectivity index (χ2n) is 5.32. The lowest BCUT2D eigenvalue weighted by molar-refractivity contribution is -0.116. The Morgan fingerprint density at radius 2 is 2.04 bits per heavy atom. The van der Waals surface area contributed by atoms with E-state index in [1.165, 1.54) is 11.6 Å². The molecule has 0 aromatic carbocycles.